The van der Waals surface area contributed by atoms with E-state index >= 15 is 0 Å². The number of aromatic hydroxyl groups is 1. The molecule has 0 aromatic heterocycles. The highest BCUT2D eigenvalue weighted by Crippen LogP contribution is 2.19. The Morgan fingerprint density at radius 1 is 1.00 bits per heavy atom. The first-order valence-electron chi connectivity index (χ1n) is 7.92. The number of piperazine rings is 1. The second-order valence-electron chi connectivity index (χ2n) is 5.83. The standard InChI is InChI=1S/C18H20IN3O2/c19-14-1-3-15(4-2-14)20-18(24)13-21-9-11-22(12-10-21)16-5-7-17(23)8-6-16/h1-8,23H,9-13H2,(H,20,24). The number of hydrogen-bond acceptors (Lipinski definition) is 4. The lowest BCUT2D eigenvalue weighted by Gasteiger charge is -2.35. The molecule has 2 N–H and O–H groups in total. The topological polar surface area (TPSA) is 55.8 Å². The van der Waals surface area contributed by atoms with Crippen LogP contribution in [-0.2, 0) is 4.79 Å². The maximum atomic E-state index is 12.2. The monoisotopic (exact) mass is 437 g/mol. The Morgan fingerprint density at radius 3 is 2.25 bits per heavy atom. The molecule has 1 amide bonds. The number of anilines is 2. The average Bonchev–Trinajstić information content (AvgIpc) is 2.58. The lowest BCUT2D eigenvalue weighted by Crippen LogP contribution is -2.48. The molecule has 1 saturated heterocycles. The van der Waals surface area contributed by atoms with Crippen molar-refractivity contribution in [3.05, 3.63) is 52.1 Å². The fourth-order valence-electron chi connectivity index (χ4n) is 2.76. The Kier molecular flexibility index (Phi) is 5.57. The van der Waals surface area contributed by atoms with Gasteiger partial charge in [0.25, 0.3) is 0 Å². The fourth-order valence-corrected chi connectivity index (χ4v) is 3.12. The third-order valence-corrected chi connectivity index (χ3v) is 4.80. The summed E-state index contributed by atoms with van der Waals surface area (Å²) in [6.45, 7) is 3.86. The van der Waals surface area contributed by atoms with Crippen LogP contribution in [0.15, 0.2) is 48.5 Å². The summed E-state index contributed by atoms with van der Waals surface area (Å²) < 4.78 is 1.15. The summed E-state index contributed by atoms with van der Waals surface area (Å²) in [6.07, 6.45) is 0. The maximum absolute atomic E-state index is 12.2. The van der Waals surface area contributed by atoms with Gasteiger partial charge in [0.1, 0.15) is 5.75 Å². The van der Waals surface area contributed by atoms with Crippen molar-refractivity contribution in [2.45, 2.75) is 0 Å². The van der Waals surface area contributed by atoms with Crippen LogP contribution in [-0.4, -0.2) is 48.6 Å². The van der Waals surface area contributed by atoms with Crippen LogP contribution in [0.5, 0.6) is 5.75 Å². The molecule has 5 nitrogen and oxygen atoms in total. The molecule has 3 rings (SSSR count). The van der Waals surface area contributed by atoms with Crippen molar-refractivity contribution < 1.29 is 9.90 Å². The Labute approximate surface area is 155 Å². The Hall–Kier alpha value is -1.80. The van der Waals surface area contributed by atoms with Gasteiger partial charge in [0.2, 0.25) is 5.91 Å². The molecule has 2 aromatic carbocycles. The largest absolute Gasteiger partial charge is 0.508 e. The van der Waals surface area contributed by atoms with Gasteiger partial charge in [-0.15, -0.1) is 0 Å². The van der Waals surface area contributed by atoms with Gasteiger partial charge in [-0.2, -0.15) is 0 Å². The van der Waals surface area contributed by atoms with E-state index in [2.05, 4.69) is 37.7 Å². The zero-order valence-corrected chi connectivity index (χ0v) is 15.4. The predicted octanol–water partition coefficient (Wildman–Crippen LogP) is 2.76. The van der Waals surface area contributed by atoms with E-state index in [1.54, 1.807) is 12.1 Å². The molecule has 1 aliphatic heterocycles. The van der Waals surface area contributed by atoms with Crippen molar-refractivity contribution in [1.29, 1.82) is 0 Å². The number of rotatable bonds is 4. The molecule has 1 fully saturated rings. The van der Waals surface area contributed by atoms with Crippen LogP contribution in [0.3, 0.4) is 0 Å². The summed E-state index contributed by atoms with van der Waals surface area (Å²) >= 11 is 2.24. The Bertz CT molecular complexity index is 680. The van der Waals surface area contributed by atoms with Crippen LogP contribution >= 0.6 is 22.6 Å². The molecule has 24 heavy (non-hydrogen) atoms. The van der Waals surface area contributed by atoms with E-state index in [1.165, 1.54) is 0 Å². The molecule has 2 aromatic rings. The number of phenols is 1. The molecule has 0 unspecified atom stereocenters. The van der Waals surface area contributed by atoms with E-state index in [4.69, 9.17) is 0 Å². The summed E-state index contributed by atoms with van der Waals surface area (Å²) in [5.41, 5.74) is 1.94. The zero-order chi connectivity index (χ0) is 16.9. The predicted molar refractivity (Wildman–Crippen MR) is 105 cm³/mol. The molecule has 126 valence electrons. The van der Waals surface area contributed by atoms with E-state index in [0.29, 0.717) is 6.54 Å². The minimum Gasteiger partial charge on any atom is -0.508 e. The Morgan fingerprint density at radius 2 is 1.62 bits per heavy atom. The third kappa shape index (κ3) is 4.61. The number of amides is 1. The van der Waals surface area contributed by atoms with Crippen molar-refractivity contribution in [2.75, 3.05) is 42.9 Å². The van der Waals surface area contributed by atoms with Gasteiger partial charge in [-0.05, 0) is 71.1 Å². The first-order valence-corrected chi connectivity index (χ1v) is 9.00. The number of phenolic OH excluding ortho intramolecular Hbond substituents is 1. The summed E-state index contributed by atoms with van der Waals surface area (Å²) in [5, 5.41) is 12.3. The van der Waals surface area contributed by atoms with E-state index in [9.17, 15) is 9.90 Å². The molecule has 0 radical (unpaired) electrons. The zero-order valence-electron chi connectivity index (χ0n) is 13.3. The van der Waals surface area contributed by atoms with Crippen molar-refractivity contribution in [3.8, 4) is 5.75 Å². The summed E-state index contributed by atoms with van der Waals surface area (Å²) in [4.78, 5) is 16.6. The normalized spacial score (nSPS) is 15.3. The molecular weight excluding hydrogens is 417 g/mol. The smallest absolute Gasteiger partial charge is 0.238 e. The quantitative estimate of drug-likeness (QED) is 0.723. The minimum absolute atomic E-state index is 0.0225. The highest BCUT2D eigenvalue weighted by atomic mass is 127. The molecule has 0 spiro atoms. The van der Waals surface area contributed by atoms with E-state index in [0.717, 1.165) is 41.1 Å². The first kappa shape index (κ1) is 17.0. The SMILES string of the molecule is O=C(CN1CCN(c2ccc(O)cc2)CC1)Nc1ccc(I)cc1. The van der Waals surface area contributed by atoms with Gasteiger partial charge >= 0.3 is 0 Å². The number of carbonyl (C=O) groups is 1. The number of nitrogens with zero attached hydrogens (tertiary/aromatic N) is 2. The van der Waals surface area contributed by atoms with Gasteiger partial charge < -0.3 is 15.3 Å². The van der Waals surface area contributed by atoms with Crippen molar-refractivity contribution in [2.24, 2.45) is 0 Å². The summed E-state index contributed by atoms with van der Waals surface area (Å²) in [5.74, 6) is 0.305. The number of benzene rings is 2. The van der Waals surface area contributed by atoms with Crippen molar-refractivity contribution in [3.63, 3.8) is 0 Å². The summed E-state index contributed by atoms with van der Waals surface area (Å²) in [7, 11) is 0. The molecule has 1 heterocycles. The van der Waals surface area contributed by atoms with Gasteiger partial charge in [-0.1, -0.05) is 0 Å². The molecule has 0 aliphatic carbocycles. The van der Waals surface area contributed by atoms with Gasteiger partial charge in [0, 0.05) is 41.1 Å². The second-order valence-corrected chi connectivity index (χ2v) is 7.08. The number of nitrogens with one attached hydrogen (secondary N) is 1. The first-order chi connectivity index (χ1) is 11.6. The third-order valence-electron chi connectivity index (χ3n) is 4.08. The van der Waals surface area contributed by atoms with Gasteiger partial charge in [0.05, 0.1) is 6.54 Å². The fraction of sp³-hybridized carbons (Fsp3) is 0.278. The molecule has 6 heteroatoms. The van der Waals surface area contributed by atoms with Crippen LogP contribution < -0.4 is 10.2 Å². The lowest BCUT2D eigenvalue weighted by molar-refractivity contribution is -0.117. The molecule has 1 aliphatic rings. The van der Waals surface area contributed by atoms with Crippen LogP contribution in [0, 0.1) is 3.57 Å². The van der Waals surface area contributed by atoms with Gasteiger partial charge in [-0.25, -0.2) is 0 Å². The van der Waals surface area contributed by atoms with Crippen LogP contribution in [0.1, 0.15) is 0 Å². The van der Waals surface area contributed by atoms with Crippen molar-refractivity contribution >= 4 is 39.9 Å². The highest BCUT2D eigenvalue weighted by Gasteiger charge is 2.19. The molecule has 0 atom stereocenters. The molecule has 0 saturated carbocycles. The van der Waals surface area contributed by atoms with E-state index in [-0.39, 0.29) is 11.7 Å². The summed E-state index contributed by atoms with van der Waals surface area (Å²) in [6, 6.07) is 15.1. The number of hydrogen-bond donors (Lipinski definition) is 2. The lowest BCUT2D eigenvalue weighted by atomic mass is 10.2. The average molecular weight is 437 g/mol. The van der Waals surface area contributed by atoms with Crippen molar-refractivity contribution in [1.82, 2.24) is 4.90 Å². The van der Waals surface area contributed by atoms with E-state index in [1.807, 2.05) is 36.4 Å². The molecular formula is C18H20IN3O2. The van der Waals surface area contributed by atoms with E-state index < -0.39 is 0 Å². The van der Waals surface area contributed by atoms with Crippen LogP contribution in [0.4, 0.5) is 11.4 Å². The second kappa shape index (κ2) is 7.85. The minimum atomic E-state index is 0.0225. The van der Waals surface area contributed by atoms with Crippen LogP contribution in [0.2, 0.25) is 0 Å². The number of halogens is 1. The maximum Gasteiger partial charge on any atom is 0.238 e. The number of carbonyl (C=O) groups excluding carboxylic acids is 1. The van der Waals surface area contributed by atoms with Crippen LogP contribution in [0.25, 0.3) is 0 Å². The molecule has 0 bridgehead atoms. The Balaban J connectivity index is 1.47. The highest BCUT2D eigenvalue weighted by molar-refractivity contribution is 14.1. The van der Waals surface area contributed by atoms with Gasteiger partial charge in [-0.3, -0.25) is 9.69 Å². The van der Waals surface area contributed by atoms with Gasteiger partial charge in [0.15, 0.2) is 0 Å².